The molecule has 1 amide bonds. The Kier molecular flexibility index (Phi) is 39.7. The van der Waals surface area contributed by atoms with Crippen molar-refractivity contribution in [3.63, 3.8) is 0 Å². The molecule has 0 fully saturated rings. The number of esters is 2. The van der Waals surface area contributed by atoms with Crippen molar-refractivity contribution < 1.29 is 28.6 Å². The Morgan fingerprint density at radius 2 is 0.869 bits per heavy atom. The third-order valence-corrected chi connectivity index (χ3v) is 12.2. The number of carbonyl (C=O) groups excluding carboxylic acids is 3. The summed E-state index contributed by atoms with van der Waals surface area (Å²) in [4.78, 5) is 44.0. The Hall–Kier alpha value is -1.83. The fourth-order valence-electron chi connectivity index (χ4n) is 8.25. The molecule has 0 radical (unpaired) electrons. The van der Waals surface area contributed by atoms with Crippen LogP contribution in [0.2, 0.25) is 0 Å². The second kappa shape index (κ2) is 40.9. The van der Waals surface area contributed by atoms with Crippen molar-refractivity contribution in [3.05, 3.63) is 0 Å². The van der Waals surface area contributed by atoms with Crippen molar-refractivity contribution in [2.45, 2.75) is 298 Å². The number of hydrogen-bond acceptors (Lipinski definition) is 7. The van der Waals surface area contributed by atoms with Crippen LogP contribution in [-0.2, 0) is 23.8 Å². The van der Waals surface area contributed by atoms with E-state index in [1.165, 1.54) is 103 Å². The topological polar surface area (TPSA) is 85.4 Å². The van der Waals surface area contributed by atoms with E-state index in [1.54, 1.807) is 11.9 Å². The molecule has 0 saturated heterocycles. The fourth-order valence-corrected chi connectivity index (χ4v) is 8.25. The minimum atomic E-state index is -0.544. The van der Waals surface area contributed by atoms with Gasteiger partial charge in [-0.05, 0) is 97.9 Å². The van der Waals surface area contributed by atoms with E-state index >= 15 is 0 Å². The van der Waals surface area contributed by atoms with Gasteiger partial charge in [-0.15, -0.1) is 0 Å². The number of rotatable bonds is 43. The van der Waals surface area contributed by atoms with Crippen LogP contribution in [0.25, 0.3) is 0 Å². The van der Waals surface area contributed by atoms with Crippen LogP contribution in [0.4, 0.5) is 4.79 Å². The standard InChI is InChI=1S/C53H104N2O6/c1-10-15-19-23-27-32-39-47(14-5)59-50(56)43-36-30-26-31-37-45-55(46-38-44-54(9)52(58)61-53(6,7)8)49(42-35-22-18-13-4)51(57)60-48(40-33-28-24-20-16-11-2)41-34-29-25-21-17-12-3/h47-49H,10-46H2,1-9H3. The molecular weight excluding hydrogens is 761 g/mol. The van der Waals surface area contributed by atoms with E-state index in [4.69, 9.17) is 14.2 Å². The molecule has 2 unspecified atom stereocenters. The lowest BCUT2D eigenvalue weighted by atomic mass is 10.0. The van der Waals surface area contributed by atoms with Crippen LogP contribution in [0.5, 0.6) is 0 Å². The summed E-state index contributed by atoms with van der Waals surface area (Å²) in [7, 11) is 1.80. The van der Waals surface area contributed by atoms with E-state index in [-0.39, 0.29) is 36.3 Å². The molecule has 8 heteroatoms. The van der Waals surface area contributed by atoms with Gasteiger partial charge < -0.3 is 19.1 Å². The van der Waals surface area contributed by atoms with Gasteiger partial charge >= 0.3 is 18.0 Å². The first kappa shape index (κ1) is 59.2. The largest absolute Gasteiger partial charge is 0.462 e. The van der Waals surface area contributed by atoms with E-state index in [0.29, 0.717) is 13.0 Å². The first-order valence-corrected chi connectivity index (χ1v) is 26.5. The highest BCUT2D eigenvalue weighted by Gasteiger charge is 2.29. The van der Waals surface area contributed by atoms with Gasteiger partial charge in [0.25, 0.3) is 0 Å². The van der Waals surface area contributed by atoms with Crippen molar-refractivity contribution in [2.24, 2.45) is 0 Å². The SMILES string of the molecule is CCCCCCCCC(CC)OC(=O)CCCCCCCN(CCCN(C)C(=O)OC(C)(C)C)C(CCCCCC)C(=O)OC(CCCCCCCC)CCCCCCCC. The second-order valence-electron chi connectivity index (χ2n) is 19.4. The summed E-state index contributed by atoms with van der Waals surface area (Å²) in [6.45, 7) is 18.9. The predicted octanol–water partition coefficient (Wildman–Crippen LogP) is 15.7. The molecule has 362 valence electrons. The quantitative estimate of drug-likeness (QED) is 0.0343. The summed E-state index contributed by atoms with van der Waals surface area (Å²) in [5.41, 5.74) is -0.544. The predicted molar refractivity (Wildman–Crippen MR) is 259 cm³/mol. The molecule has 0 bridgehead atoms. The van der Waals surface area contributed by atoms with Gasteiger partial charge in [-0.25, -0.2) is 4.79 Å². The zero-order valence-corrected chi connectivity index (χ0v) is 42.2. The zero-order valence-electron chi connectivity index (χ0n) is 42.2. The molecule has 0 spiro atoms. The molecule has 0 aromatic heterocycles. The Labute approximate surface area is 379 Å². The highest BCUT2D eigenvalue weighted by molar-refractivity contribution is 5.76. The van der Waals surface area contributed by atoms with Crippen LogP contribution in [0.1, 0.15) is 274 Å². The Morgan fingerprint density at radius 3 is 1.36 bits per heavy atom. The van der Waals surface area contributed by atoms with Crippen molar-refractivity contribution in [1.82, 2.24) is 9.80 Å². The molecule has 61 heavy (non-hydrogen) atoms. The fraction of sp³-hybridized carbons (Fsp3) is 0.943. The minimum Gasteiger partial charge on any atom is -0.462 e. The van der Waals surface area contributed by atoms with Crippen LogP contribution >= 0.6 is 0 Å². The molecule has 0 heterocycles. The van der Waals surface area contributed by atoms with Gasteiger partial charge in [0.15, 0.2) is 0 Å². The number of nitrogens with zero attached hydrogens (tertiary/aromatic N) is 2. The van der Waals surface area contributed by atoms with E-state index < -0.39 is 5.60 Å². The number of amides is 1. The normalized spacial score (nSPS) is 12.8. The molecule has 2 atom stereocenters. The summed E-state index contributed by atoms with van der Waals surface area (Å²) in [6, 6.07) is -0.280. The average Bonchev–Trinajstić information content (AvgIpc) is 3.22. The molecule has 0 rings (SSSR count). The van der Waals surface area contributed by atoms with E-state index in [1.807, 2.05) is 20.8 Å². The molecule has 0 N–H and O–H groups in total. The molecule has 0 aliphatic rings. The third kappa shape index (κ3) is 36.2. The van der Waals surface area contributed by atoms with Gasteiger partial charge in [-0.3, -0.25) is 14.5 Å². The summed E-state index contributed by atoms with van der Waals surface area (Å²) in [6.07, 6.45) is 37.4. The summed E-state index contributed by atoms with van der Waals surface area (Å²) < 4.78 is 18.1. The maximum atomic E-state index is 14.4. The van der Waals surface area contributed by atoms with Crippen LogP contribution < -0.4 is 0 Å². The molecule has 0 aliphatic heterocycles. The highest BCUT2D eigenvalue weighted by Crippen LogP contribution is 2.22. The molecular formula is C53H104N2O6. The van der Waals surface area contributed by atoms with E-state index in [2.05, 4.69) is 39.5 Å². The van der Waals surface area contributed by atoms with Crippen LogP contribution in [0.3, 0.4) is 0 Å². The monoisotopic (exact) mass is 865 g/mol. The van der Waals surface area contributed by atoms with Gasteiger partial charge in [-0.1, -0.05) is 176 Å². The molecule has 0 aliphatic carbocycles. The molecule has 8 nitrogen and oxygen atoms in total. The molecule has 0 aromatic rings. The number of hydrogen-bond donors (Lipinski definition) is 0. The van der Waals surface area contributed by atoms with Crippen LogP contribution in [0, 0.1) is 0 Å². The molecule has 0 saturated carbocycles. The van der Waals surface area contributed by atoms with E-state index in [0.717, 1.165) is 122 Å². The first-order valence-electron chi connectivity index (χ1n) is 26.5. The molecule has 0 aromatic carbocycles. The Bertz CT molecular complexity index is 999. The summed E-state index contributed by atoms with van der Waals surface area (Å²) >= 11 is 0. The van der Waals surface area contributed by atoms with Gasteiger partial charge in [0, 0.05) is 26.6 Å². The number of carbonyl (C=O) groups is 3. The van der Waals surface area contributed by atoms with Crippen molar-refractivity contribution in [3.8, 4) is 0 Å². The van der Waals surface area contributed by atoms with Gasteiger partial charge in [-0.2, -0.15) is 0 Å². The lowest BCUT2D eigenvalue weighted by Crippen LogP contribution is -2.45. The third-order valence-electron chi connectivity index (χ3n) is 12.2. The maximum absolute atomic E-state index is 14.4. The maximum Gasteiger partial charge on any atom is 0.410 e. The van der Waals surface area contributed by atoms with Crippen molar-refractivity contribution in [2.75, 3.05) is 26.7 Å². The lowest BCUT2D eigenvalue weighted by Gasteiger charge is -2.32. The average molecular weight is 865 g/mol. The first-order chi connectivity index (χ1) is 29.4. The number of ether oxygens (including phenoxy) is 3. The summed E-state index contributed by atoms with van der Waals surface area (Å²) in [5.74, 6) is -0.0876. The second-order valence-corrected chi connectivity index (χ2v) is 19.4. The Morgan fingerprint density at radius 1 is 0.459 bits per heavy atom. The van der Waals surface area contributed by atoms with Crippen molar-refractivity contribution in [1.29, 1.82) is 0 Å². The lowest BCUT2D eigenvalue weighted by molar-refractivity contribution is -0.157. The number of unbranched alkanes of at least 4 members (excludes halogenated alkanes) is 22. The summed E-state index contributed by atoms with van der Waals surface area (Å²) in [5, 5.41) is 0. The highest BCUT2D eigenvalue weighted by atomic mass is 16.6. The van der Waals surface area contributed by atoms with Crippen LogP contribution in [-0.4, -0.2) is 78.4 Å². The Balaban J connectivity index is 5.63. The minimum absolute atomic E-state index is 0.0158. The van der Waals surface area contributed by atoms with Gasteiger partial charge in [0.2, 0.25) is 0 Å². The van der Waals surface area contributed by atoms with Gasteiger partial charge in [0.1, 0.15) is 23.9 Å². The van der Waals surface area contributed by atoms with Gasteiger partial charge in [0.05, 0.1) is 0 Å². The van der Waals surface area contributed by atoms with Crippen LogP contribution in [0.15, 0.2) is 0 Å². The zero-order chi connectivity index (χ0) is 45.4. The van der Waals surface area contributed by atoms with E-state index in [9.17, 15) is 14.4 Å². The smallest absolute Gasteiger partial charge is 0.410 e. The van der Waals surface area contributed by atoms with Crippen molar-refractivity contribution >= 4 is 18.0 Å².